The Morgan fingerprint density at radius 2 is 1.67 bits per heavy atom. The Morgan fingerprint density at radius 3 is 2.29 bits per heavy atom. The molecule has 2 atom stereocenters. The van der Waals surface area contributed by atoms with E-state index in [2.05, 4.69) is 6.07 Å². The first kappa shape index (κ1) is 34.7. The first-order valence-corrected chi connectivity index (χ1v) is 17.0. The Hall–Kier alpha value is -4.64. The highest BCUT2D eigenvalue weighted by molar-refractivity contribution is 7.93. The van der Waals surface area contributed by atoms with Crippen molar-refractivity contribution in [3.8, 4) is 23.3 Å². The van der Waals surface area contributed by atoms with Crippen molar-refractivity contribution in [2.45, 2.75) is 42.3 Å². The smallest absolute Gasteiger partial charge is 0.274 e. The molecule has 0 aromatic heterocycles. The molecular weight excluding hydrogens is 634 g/mol. The van der Waals surface area contributed by atoms with Crippen molar-refractivity contribution < 1.29 is 32.2 Å². The third kappa shape index (κ3) is 5.63. The van der Waals surface area contributed by atoms with E-state index in [1.807, 2.05) is 36.0 Å². The molecule has 2 aliphatic heterocycles. The summed E-state index contributed by atoms with van der Waals surface area (Å²) in [5, 5.41) is 10.1. The lowest BCUT2D eigenvalue weighted by atomic mass is 9.77. The van der Waals surface area contributed by atoms with Crippen LogP contribution in [-0.2, 0) is 31.7 Å². The van der Waals surface area contributed by atoms with Crippen LogP contribution in [0.1, 0.15) is 41.5 Å². The van der Waals surface area contributed by atoms with Gasteiger partial charge in [-0.2, -0.15) is 5.26 Å². The number of ether oxygens (including phenoxy) is 3. The molecule has 1 saturated heterocycles. The third-order valence-electron chi connectivity index (χ3n) is 8.93. The number of piperidine rings is 1. The molecule has 0 saturated carbocycles. The maximum absolute atomic E-state index is 15.6. The SMILES string of the molecule is COc1ccc(S(=O)(=O)N2C(=O)C(c3cc(CN(C)C)ccc3OC)(N3CCCC[C@H]3C(=O)N(C)C)c3cc(C#N)ccc32)c(OC)c1. The molecule has 1 fully saturated rings. The molecular formula is C35H41N5O7S. The van der Waals surface area contributed by atoms with Crippen molar-refractivity contribution in [1.82, 2.24) is 14.7 Å². The molecule has 2 amide bonds. The first-order valence-electron chi connectivity index (χ1n) is 15.5. The molecule has 5 rings (SSSR count). The fourth-order valence-corrected chi connectivity index (χ4v) is 8.45. The second kappa shape index (κ2) is 13.5. The fraction of sp³-hybridized carbons (Fsp3) is 0.400. The van der Waals surface area contributed by atoms with Crippen LogP contribution < -0.4 is 18.5 Å². The quantitative estimate of drug-likeness (QED) is 0.314. The molecule has 0 aliphatic carbocycles. The molecule has 3 aromatic carbocycles. The number of nitriles is 1. The third-order valence-corrected chi connectivity index (χ3v) is 10.7. The van der Waals surface area contributed by atoms with Gasteiger partial charge < -0.3 is 24.0 Å². The average Bonchev–Trinajstić information content (AvgIpc) is 3.35. The lowest BCUT2D eigenvalue weighted by Crippen LogP contribution is -2.62. The Balaban J connectivity index is 1.92. The highest BCUT2D eigenvalue weighted by Gasteiger charge is 2.62. The summed E-state index contributed by atoms with van der Waals surface area (Å²) >= 11 is 0. The number of likely N-dealkylation sites (tertiary alicyclic amines) is 1. The van der Waals surface area contributed by atoms with Gasteiger partial charge in [-0.3, -0.25) is 14.5 Å². The van der Waals surface area contributed by atoms with Crippen LogP contribution in [0.15, 0.2) is 59.5 Å². The van der Waals surface area contributed by atoms with E-state index in [0.717, 1.165) is 16.3 Å². The molecule has 2 aliphatic rings. The van der Waals surface area contributed by atoms with E-state index in [4.69, 9.17) is 14.2 Å². The number of hydrogen-bond acceptors (Lipinski definition) is 10. The molecule has 254 valence electrons. The summed E-state index contributed by atoms with van der Waals surface area (Å²) in [5.74, 6) is -0.348. The number of amides is 2. The van der Waals surface area contributed by atoms with E-state index in [1.165, 1.54) is 56.6 Å². The lowest BCUT2D eigenvalue weighted by molar-refractivity contribution is -0.142. The molecule has 2 heterocycles. The lowest BCUT2D eigenvalue weighted by Gasteiger charge is -2.47. The molecule has 0 bridgehead atoms. The van der Waals surface area contributed by atoms with Crippen molar-refractivity contribution >= 4 is 27.5 Å². The Bertz CT molecular complexity index is 1890. The van der Waals surface area contributed by atoms with Gasteiger partial charge in [-0.15, -0.1) is 0 Å². The Labute approximate surface area is 282 Å². The van der Waals surface area contributed by atoms with E-state index in [9.17, 15) is 18.5 Å². The summed E-state index contributed by atoms with van der Waals surface area (Å²) < 4.78 is 47.1. The maximum atomic E-state index is 15.6. The molecule has 3 aromatic rings. The van der Waals surface area contributed by atoms with Crippen molar-refractivity contribution in [1.29, 1.82) is 5.26 Å². The van der Waals surface area contributed by atoms with Crippen molar-refractivity contribution in [2.24, 2.45) is 0 Å². The number of carbonyl (C=O) groups is 2. The number of benzene rings is 3. The van der Waals surface area contributed by atoms with Crippen LogP contribution in [-0.4, -0.2) is 97.0 Å². The molecule has 0 radical (unpaired) electrons. The molecule has 0 spiro atoms. The van der Waals surface area contributed by atoms with Crippen LogP contribution in [0.4, 0.5) is 5.69 Å². The number of anilines is 1. The predicted octanol–water partition coefficient (Wildman–Crippen LogP) is 3.57. The van der Waals surface area contributed by atoms with Gasteiger partial charge in [-0.05, 0) is 75.0 Å². The van der Waals surface area contributed by atoms with Crippen LogP contribution in [0.25, 0.3) is 0 Å². The van der Waals surface area contributed by atoms with Crippen molar-refractivity contribution in [3.63, 3.8) is 0 Å². The van der Waals surface area contributed by atoms with E-state index in [1.54, 1.807) is 26.2 Å². The summed E-state index contributed by atoms with van der Waals surface area (Å²) in [4.78, 5) is 34.6. The number of likely N-dealkylation sites (N-methyl/N-ethyl adjacent to an activating group) is 1. The van der Waals surface area contributed by atoms with Crippen LogP contribution in [0.5, 0.6) is 17.2 Å². The van der Waals surface area contributed by atoms with Gasteiger partial charge in [0.15, 0.2) is 5.54 Å². The van der Waals surface area contributed by atoms with Crippen LogP contribution in [0.3, 0.4) is 0 Å². The minimum absolute atomic E-state index is 0.0148. The second-order valence-electron chi connectivity index (χ2n) is 12.4. The molecule has 1 unspecified atom stereocenters. The van der Waals surface area contributed by atoms with Gasteiger partial charge in [0.05, 0.1) is 44.7 Å². The minimum atomic E-state index is -4.66. The van der Waals surface area contributed by atoms with Gasteiger partial charge in [0.2, 0.25) is 5.91 Å². The molecule has 48 heavy (non-hydrogen) atoms. The highest BCUT2D eigenvalue weighted by atomic mass is 32.2. The topological polar surface area (TPSA) is 133 Å². The van der Waals surface area contributed by atoms with Gasteiger partial charge in [0.1, 0.15) is 22.1 Å². The van der Waals surface area contributed by atoms with Crippen molar-refractivity contribution in [2.75, 3.05) is 60.4 Å². The van der Waals surface area contributed by atoms with E-state index in [-0.39, 0.29) is 33.4 Å². The van der Waals surface area contributed by atoms with Gasteiger partial charge in [-0.25, -0.2) is 12.7 Å². The number of carbonyl (C=O) groups excluding carboxylic acids is 2. The minimum Gasteiger partial charge on any atom is -0.497 e. The van der Waals surface area contributed by atoms with Gasteiger partial charge in [0, 0.05) is 44.4 Å². The van der Waals surface area contributed by atoms with Gasteiger partial charge in [0.25, 0.3) is 15.9 Å². The van der Waals surface area contributed by atoms with Crippen LogP contribution in [0.2, 0.25) is 0 Å². The fourth-order valence-electron chi connectivity index (χ4n) is 6.85. The summed E-state index contributed by atoms with van der Waals surface area (Å²) in [5.41, 5.74) is -0.0995. The monoisotopic (exact) mass is 675 g/mol. The zero-order chi connectivity index (χ0) is 35.0. The Kier molecular flexibility index (Phi) is 9.73. The molecule has 12 nitrogen and oxygen atoms in total. The number of sulfonamides is 1. The van der Waals surface area contributed by atoms with Gasteiger partial charge >= 0.3 is 0 Å². The van der Waals surface area contributed by atoms with Gasteiger partial charge in [-0.1, -0.05) is 12.5 Å². The van der Waals surface area contributed by atoms with E-state index < -0.39 is 27.5 Å². The standard InChI is InChI=1S/C35H41N5O7S/c1-37(2)22-24-12-15-30(46-6)27(19-24)35(39-17-9-8-10-29(39)33(41)38(3)4)26-18-23(21-36)11-14-28(26)40(34(35)42)48(43,44)32-16-13-25(45-5)20-31(32)47-7/h11-16,18-20,29H,8-10,17,22H2,1-7H3/t29-,35?/m0/s1. The zero-order valence-electron chi connectivity index (χ0n) is 28.3. The normalized spacial score (nSPS) is 19.5. The largest absolute Gasteiger partial charge is 0.497 e. The summed E-state index contributed by atoms with van der Waals surface area (Å²) in [6.07, 6.45) is 1.83. The number of fused-ring (bicyclic) bond motifs is 1. The Morgan fingerprint density at radius 1 is 0.938 bits per heavy atom. The first-order chi connectivity index (χ1) is 22.9. The average molecular weight is 676 g/mol. The summed E-state index contributed by atoms with van der Waals surface area (Å²) in [6, 6.07) is 15.6. The van der Waals surface area contributed by atoms with Crippen molar-refractivity contribution in [3.05, 3.63) is 76.9 Å². The number of rotatable bonds is 10. The zero-order valence-corrected chi connectivity index (χ0v) is 29.1. The molecule has 13 heteroatoms. The summed E-state index contributed by atoms with van der Waals surface area (Å²) in [7, 11) is 6.77. The van der Waals surface area contributed by atoms with E-state index >= 15 is 4.79 Å². The molecule has 0 N–H and O–H groups in total. The second-order valence-corrected chi connectivity index (χ2v) is 14.1. The van der Waals surface area contributed by atoms with E-state index in [0.29, 0.717) is 43.0 Å². The number of methoxy groups -OCH3 is 3. The number of nitrogens with zero attached hydrogens (tertiary/aromatic N) is 5. The number of hydrogen-bond donors (Lipinski definition) is 0. The van der Waals surface area contributed by atoms with Crippen LogP contribution >= 0.6 is 0 Å². The summed E-state index contributed by atoms with van der Waals surface area (Å²) in [6.45, 7) is 0.810. The van der Waals surface area contributed by atoms with Crippen LogP contribution in [0, 0.1) is 11.3 Å². The predicted molar refractivity (Wildman–Crippen MR) is 180 cm³/mol. The highest BCUT2D eigenvalue weighted by Crippen LogP contribution is 2.55. The maximum Gasteiger partial charge on any atom is 0.274 e.